The molecule has 28 heavy (non-hydrogen) atoms. The lowest BCUT2D eigenvalue weighted by molar-refractivity contribution is -0.147. The number of fused-ring (bicyclic) bond motifs is 1. The highest BCUT2D eigenvalue weighted by Crippen LogP contribution is 2.30. The number of anilines is 1. The highest BCUT2D eigenvalue weighted by Gasteiger charge is 2.37. The summed E-state index contributed by atoms with van der Waals surface area (Å²) >= 11 is 0. The van der Waals surface area contributed by atoms with Crippen molar-refractivity contribution in [2.45, 2.75) is 33.0 Å². The number of nitrogens with zero attached hydrogens (tertiary/aromatic N) is 3. The SMILES string of the molecule is Cc1ccc(NC(=O)NCCCn2c(C(F)(F)F)nc3cccnc32)c(C)c1. The van der Waals surface area contributed by atoms with E-state index in [1.807, 2.05) is 32.0 Å². The van der Waals surface area contributed by atoms with Crippen LogP contribution >= 0.6 is 0 Å². The van der Waals surface area contributed by atoms with Crippen molar-refractivity contribution < 1.29 is 18.0 Å². The third kappa shape index (κ3) is 4.41. The fraction of sp³-hybridized carbons (Fsp3) is 0.316. The van der Waals surface area contributed by atoms with Crippen LogP contribution in [0.1, 0.15) is 23.4 Å². The number of nitrogens with one attached hydrogen (secondary N) is 2. The highest BCUT2D eigenvalue weighted by atomic mass is 19.4. The van der Waals surface area contributed by atoms with Crippen LogP contribution in [0.2, 0.25) is 0 Å². The number of imidazole rings is 1. The Morgan fingerprint density at radius 1 is 1.21 bits per heavy atom. The summed E-state index contributed by atoms with van der Waals surface area (Å²) in [6.45, 7) is 4.09. The van der Waals surface area contributed by atoms with E-state index in [1.54, 1.807) is 6.07 Å². The standard InChI is InChI=1S/C19H20F3N5O/c1-12-6-7-14(13(2)11-12)26-18(28)24-9-4-10-27-16-15(5-3-8-23-16)25-17(27)19(20,21)22/h3,5-8,11H,4,9-10H2,1-2H3,(H2,24,26,28). The molecule has 0 bridgehead atoms. The number of hydrogen-bond acceptors (Lipinski definition) is 3. The molecule has 0 spiro atoms. The number of aromatic nitrogens is 3. The van der Waals surface area contributed by atoms with Gasteiger partial charge in [-0.1, -0.05) is 17.7 Å². The second-order valence-electron chi connectivity index (χ2n) is 6.48. The van der Waals surface area contributed by atoms with E-state index in [9.17, 15) is 18.0 Å². The van der Waals surface area contributed by atoms with Gasteiger partial charge in [-0.2, -0.15) is 13.2 Å². The molecule has 2 amide bonds. The summed E-state index contributed by atoms with van der Waals surface area (Å²) in [5, 5.41) is 5.39. The molecule has 0 radical (unpaired) electrons. The van der Waals surface area contributed by atoms with Gasteiger partial charge in [0.15, 0.2) is 5.65 Å². The largest absolute Gasteiger partial charge is 0.449 e. The number of carbonyl (C=O) groups is 1. The summed E-state index contributed by atoms with van der Waals surface area (Å²) in [4.78, 5) is 19.7. The van der Waals surface area contributed by atoms with Crippen molar-refractivity contribution in [3.8, 4) is 0 Å². The Labute approximate surface area is 159 Å². The van der Waals surface area contributed by atoms with Crippen LogP contribution in [0.25, 0.3) is 11.2 Å². The molecule has 3 rings (SSSR count). The predicted molar refractivity (Wildman–Crippen MR) is 100 cm³/mol. The van der Waals surface area contributed by atoms with E-state index >= 15 is 0 Å². The van der Waals surface area contributed by atoms with Gasteiger partial charge in [0, 0.05) is 25.0 Å². The Balaban J connectivity index is 1.60. The van der Waals surface area contributed by atoms with E-state index in [1.165, 1.54) is 12.3 Å². The fourth-order valence-electron chi connectivity index (χ4n) is 2.95. The first-order chi connectivity index (χ1) is 13.3. The Bertz CT molecular complexity index is 997. The van der Waals surface area contributed by atoms with Crippen molar-refractivity contribution in [3.63, 3.8) is 0 Å². The van der Waals surface area contributed by atoms with Crippen molar-refractivity contribution in [1.82, 2.24) is 19.9 Å². The van der Waals surface area contributed by atoms with Crippen molar-refractivity contribution in [2.75, 3.05) is 11.9 Å². The zero-order valence-corrected chi connectivity index (χ0v) is 15.5. The summed E-state index contributed by atoms with van der Waals surface area (Å²) in [7, 11) is 0. The molecule has 1 aromatic carbocycles. The van der Waals surface area contributed by atoms with E-state index in [2.05, 4.69) is 20.6 Å². The molecule has 2 aromatic heterocycles. The molecule has 0 saturated heterocycles. The second-order valence-corrected chi connectivity index (χ2v) is 6.48. The van der Waals surface area contributed by atoms with Gasteiger partial charge >= 0.3 is 12.2 Å². The summed E-state index contributed by atoms with van der Waals surface area (Å²) in [5.74, 6) is -0.985. The Morgan fingerprint density at radius 2 is 2.00 bits per heavy atom. The van der Waals surface area contributed by atoms with Gasteiger partial charge in [-0.25, -0.2) is 14.8 Å². The molecule has 2 N–H and O–H groups in total. The minimum Gasteiger partial charge on any atom is -0.338 e. The zero-order valence-electron chi connectivity index (χ0n) is 15.5. The maximum Gasteiger partial charge on any atom is 0.449 e. The number of halogens is 3. The minimum atomic E-state index is -4.57. The first kappa shape index (κ1) is 19.7. The van der Waals surface area contributed by atoms with Crippen LogP contribution in [0.5, 0.6) is 0 Å². The number of aryl methyl sites for hydroxylation is 3. The highest BCUT2D eigenvalue weighted by molar-refractivity contribution is 5.90. The lowest BCUT2D eigenvalue weighted by Crippen LogP contribution is -2.30. The third-order valence-corrected chi connectivity index (χ3v) is 4.23. The maximum absolute atomic E-state index is 13.2. The number of alkyl halides is 3. The van der Waals surface area contributed by atoms with Gasteiger partial charge in [0.1, 0.15) is 5.52 Å². The molecule has 0 atom stereocenters. The van der Waals surface area contributed by atoms with Crippen LogP contribution < -0.4 is 10.6 Å². The van der Waals surface area contributed by atoms with E-state index < -0.39 is 18.0 Å². The van der Waals surface area contributed by atoms with Gasteiger partial charge in [-0.05, 0) is 44.0 Å². The zero-order chi connectivity index (χ0) is 20.3. The molecule has 0 aliphatic heterocycles. The Hall–Kier alpha value is -3.10. The predicted octanol–water partition coefficient (Wildman–Crippen LogP) is 4.28. The summed E-state index contributed by atoms with van der Waals surface area (Å²) in [6.07, 6.45) is -2.85. The quantitative estimate of drug-likeness (QED) is 0.638. The molecule has 0 aliphatic rings. The second kappa shape index (κ2) is 7.87. The van der Waals surface area contributed by atoms with Gasteiger partial charge < -0.3 is 15.2 Å². The molecule has 2 heterocycles. The maximum atomic E-state index is 13.2. The number of urea groups is 1. The van der Waals surface area contributed by atoms with Crippen molar-refractivity contribution >= 4 is 22.9 Å². The van der Waals surface area contributed by atoms with Crippen LogP contribution in [0.15, 0.2) is 36.5 Å². The van der Waals surface area contributed by atoms with E-state index in [0.29, 0.717) is 12.1 Å². The number of carbonyl (C=O) groups excluding carboxylic acids is 1. The topological polar surface area (TPSA) is 71.8 Å². The minimum absolute atomic E-state index is 0.0339. The molecule has 6 nitrogen and oxygen atoms in total. The van der Waals surface area contributed by atoms with Crippen molar-refractivity contribution in [1.29, 1.82) is 0 Å². The first-order valence-electron chi connectivity index (χ1n) is 8.76. The molecule has 3 aromatic rings. The van der Waals surface area contributed by atoms with E-state index in [0.717, 1.165) is 15.7 Å². The van der Waals surface area contributed by atoms with Crippen LogP contribution in [-0.4, -0.2) is 27.1 Å². The molecule has 9 heteroatoms. The number of rotatable bonds is 5. The number of benzene rings is 1. The van der Waals surface area contributed by atoms with Crippen LogP contribution in [-0.2, 0) is 12.7 Å². The fourth-order valence-corrected chi connectivity index (χ4v) is 2.95. The van der Waals surface area contributed by atoms with Crippen LogP contribution in [0.3, 0.4) is 0 Å². The van der Waals surface area contributed by atoms with Crippen molar-refractivity contribution in [2.24, 2.45) is 0 Å². The monoisotopic (exact) mass is 391 g/mol. The smallest absolute Gasteiger partial charge is 0.338 e. The first-order valence-corrected chi connectivity index (χ1v) is 8.76. The van der Waals surface area contributed by atoms with Gasteiger partial charge in [0.05, 0.1) is 0 Å². The molecule has 0 saturated carbocycles. The lowest BCUT2D eigenvalue weighted by Gasteiger charge is -2.12. The summed E-state index contributed by atoms with van der Waals surface area (Å²) in [5.41, 5.74) is 3.07. The average Bonchev–Trinajstić information content (AvgIpc) is 3.00. The number of pyridine rings is 1. The molecular formula is C19H20F3N5O. The van der Waals surface area contributed by atoms with Gasteiger partial charge in [-0.3, -0.25) is 0 Å². The number of amides is 2. The Morgan fingerprint density at radius 3 is 2.71 bits per heavy atom. The molecule has 0 fully saturated rings. The normalized spacial score (nSPS) is 11.6. The molecule has 0 unspecified atom stereocenters. The number of hydrogen-bond donors (Lipinski definition) is 2. The van der Waals surface area contributed by atoms with Crippen LogP contribution in [0.4, 0.5) is 23.7 Å². The third-order valence-electron chi connectivity index (χ3n) is 4.23. The van der Waals surface area contributed by atoms with Crippen molar-refractivity contribution in [3.05, 3.63) is 53.5 Å². The van der Waals surface area contributed by atoms with Crippen LogP contribution in [0, 0.1) is 13.8 Å². The van der Waals surface area contributed by atoms with Gasteiger partial charge in [0.2, 0.25) is 5.82 Å². The molecular weight excluding hydrogens is 371 g/mol. The Kier molecular flexibility index (Phi) is 5.53. The molecule has 148 valence electrons. The summed E-state index contributed by atoms with van der Waals surface area (Å²) in [6, 6.07) is 8.27. The van der Waals surface area contributed by atoms with E-state index in [4.69, 9.17) is 0 Å². The van der Waals surface area contributed by atoms with E-state index in [-0.39, 0.29) is 24.3 Å². The van der Waals surface area contributed by atoms with Gasteiger partial charge in [0.25, 0.3) is 0 Å². The molecule has 0 aliphatic carbocycles. The van der Waals surface area contributed by atoms with Gasteiger partial charge in [-0.15, -0.1) is 0 Å². The average molecular weight is 391 g/mol. The lowest BCUT2D eigenvalue weighted by atomic mass is 10.1. The summed E-state index contributed by atoms with van der Waals surface area (Å²) < 4.78 is 40.8.